The molecule has 0 bridgehead atoms. The van der Waals surface area contributed by atoms with Gasteiger partial charge >= 0.3 is 0 Å². The van der Waals surface area contributed by atoms with Crippen molar-refractivity contribution in [1.82, 2.24) is 0 Å². The fourth-order valence-electron chi connectivity index (χ4n) is 1.13. The SMILES string of the molecule is CC(C)C(C)CCC(C)(F)C(C)C. The first-order chi connectivity index (χ1) is 5.77. The Balaban J connectivity index is 3.88. The van der Waals surface area contributed by atoms with Gasteiger partial charge in [-0.15, -0.1) is 0 Å². The average molecular weight is 188 g/mol. The van der Waals surface area contributed by atoms with Crippen LogP contribution in [-0.2, 0) is 0 Å². The Bertz CT molecular complexity index is 136. The Kier molecular flexibility index (Phi) is 4.95. The number of hydrogen-bond acceptors (Lipinski definition) is 0. The minimum absolute atomic E-state index is 0.131. The van der Waals surface area contributed by atoms with Crippen LogP contribution in [0.25, 0.3) is 0 Å². The molecule has 0 aromatic carbocycles. The summed E-state index contributed by atoms with van der Waals surface area (Å²) < 4.78 is 13.8. The Morgan fingerprint density at radius 2 is 1.54 bits per heavy atom. The molecule has 0 nitrogen and oxygen atoms in total. The van der Waals surface area contributed by atoms with Crippen molar-refractivity contribution in [2.75, 3.05) is 0 Å². The van der Waals surface area contributed by atoms with Crippen LogP contribution in [0.3, 0.4) is 0 Å². The fraction of sp³-hybridized carbons (Fsp3) is 1.00. The number of halogens is 1. The third kappa shape index (κ3) is 4.64. The van der Waals surface area contributed by atoms with Gasteiger partial charge in [-0.2, -0.15) is 0 Å². The van der Waals surface area contributed by atoms with Crippen LogP contribution < -0.4 is 0 Å². The standard InChI is InChI=1S/C12H25F/c1-9(2)11(5)7-8-12(6,13)10(3)4/h9-11H,7-8H2,1-6H3. The molecule has 0 aliphatic rings. The van der Waals surface area contributed by atoms with Gasteiger partial charge in [-0.1, -0.05) is 34.6 Å². The Labute approximate surface area is 82.9 Å². The van der Waals surface area contributed by atoms with E-state index >= 15 is 0 Å². The lowest BCUT2D eigenvalue weighted by Gasteiger charge is -2.27. The van der Waals surface area contributed by atoms with E-state index in [4.69, 9.17) is 0 Å². The van der Waals surface area contributed by atoms with Gasteiger partial charge in [-0.05, 0) is 37.5 Å². The zero-order valence-corrected chi connectivity index (χ0v) is 10.0. The predicted octanol–water partition coefficient (Wildman–Crippen LogP) is 4.44. The third-order valence-electron chi connectivity index (χ3n) is 3.43. The van der Waals surface area contributed by atoms with Gasteiger partial charge in [0.15, 0.2) is 0 Å². The van der Waals surface area contributed by atoms with E-state index in [1.54, 1.807) is 6.92 Å². The summed E-state index contributed by atoms with van der Waals surface area (Å²) in [6, 6.07) is 0. The van der Waals surface area contributed by atoms with Crippen LogP contribution in [-0.4, -0.2) is 5.67 Å². The van der Waals surface area contributed by atoms with Crippen molar-refractivity contribution in [3.63, 3.8) is 0 Å². The monoisotopic (exact) mass is 188 g/mol. The van der Waals surface area contributed by atoms with E-state index in [2.05, 4.69) is 20.8 Å². The molecule has 0 aromatic rings. The molecule has 0 amide bonds. The van der Waals surface area contributed by atoms with Crippen LogP contribution in [0.1, 0.15) is 54.4 Å². The van der Waals surface area contributed by atoms with Gasteiger partial charge in [0, 0.05) is 0 Å². The molecular formula is C12H25F. The lowest BCUT2D eigenvalue weighted by atomic mass is 9.84. The van der Waals surface area contributed by atoms with Crippen molar-refractivity contribution < 1.29 is 4.39 Å². The number of hydrogen-bond donors (Lipinski definition) is 0. The van der Waals surface area contributed by atoms with Gasteiger partial charge in [0.25, 0.3) is 0 Å². The van der Waals surface area contributed by atoms with Crippen LogP contribution >= 0.6 is 0 Å². The van der Waals surface area contributed by atoms with Gasteiger partial charge in [0.1, 0.15) is 5.67 Å². The molecule has 0 N–H and O–H groups in total. The topological polar surface area (TPSA) is 0 Å². The normalized spacial score (nSPS) is 19.2. The first-order valence-corrected chi connectivity index (χ1v) is 5.46. The second-order valence-corrected chi connectivity index (χ2v) is 5.19. The second kappa shape index (κ2) is 4.97. The van der Waals surface area contributed by atoms with E-state index in [0.29, 0.717) is 18.3 Å². The smallest absolute Gasteiger partial charge is 0.110 e. The maximum atomic E-state index is 13.8. The highest BCUT2D eigenvalue weighted by Gasteiger charge is 2.27. The highest BCUT2D eigenvalue weighted by Crippen LogP contribution is 2.30. The zero-order chi connectivity index (χ0) is 10.6. The molecule has 0 radical (unpaired) electrons. The van der Waals surface area contributed by atoms with Crippen LogP contribution in [0, 0.1) is 17.8 Å². The molecule has 0 spiro atoms. The molecule has 13 heavy (non-hydrogen) atoms. The summed E-state index contributed by atoms with van der Waals surface area (Å²) >= 11 is 0. The molecule has 0 aliphatic carbocycles. The Hall–Kier alpha value is -0.0700. The lowest BCUT2D eigenvalue weighted by Crippen LogP contribution is -2.26. The van der Waals surface area contributed by atoms with Crippen LogP contribution in [0.4, 0.5) is 4.39 Å². The zero-order valence-electron chi connectivity index (χ0n) is 10.0. The van der Waals surface area contributed by atoms with E-state index < -0.39 is 5.67 Å². The third-order valence-corrected chi connectivity index (χ3v) is 3.43. The molecule has 0 rings (SSSR count). The molecule has 2 unspecified atom stereocenters. The lowest BCUT2D eigenvalue weighted by molar-refractivity contribution is 0.0996. The van der Waals surface area contributed by atoms with Crippen molar-refractivity contribution >= 4 is 0 Å². The van der Waals surface area contributed by atoms with Gasteiger partial charge in [-0.3, -0.25) is 0 Å². The molecule has 0 fully saturated rings. The van der Waals surface area contributed by atoms with E-state index in [-0.39, 0.29) is 5.92 Å². The Morgan fingerprint density at radius 1 is 1.08 bits per heavy atom. The van der Waals surface area contributed by atoms with Crippen LogP contribution in [0.15, 0.2) is 0 Å². The molecule has 0 saturated heterocycles. The molecule has 0 aliphatic heterocycles. The highest BCUT2D eigenvalue weighted by atomic mass is 19.1. The molecule has 0 saturated carbocycles. The van der Waals surface area contributed by atoms with Crippen molar-refractivity contribution in [3.8, 4) is 0 Å². The van der Waals surface area contributed by atoms with Crippen molar-refractivity contribution in [1.29, 1.82) is 0 Å². The number of alkyl halides is 1. The summed E-state index contributed by atoms with van der Waals surface area (Å²) in [5.74, 6) is 1.43. The first-order valence-electron chi connectivity index (χ1n) is 5.46. The van der Waals surface area contributed by atoms with Gasteiger partial charge in [0.2, 0.25) is 0 Å². The molecule has 80 valence electrons. The van der Waals surface area contributed by atoms with Crippen molar-refractivity contribution in [2.24, 2.45) is 17.8 Å². The van der Waals surface area contributed by atoms with Crippen molar-refractivity contribution in [3.05, 3.63) is 0 Å². The van der Waals surface area contributed by atoms with Gasteiger partial charge in [-0.25, -0.2) is 4.39 Å². The van der Waals surface area contributed by atoms with Crippen LogP contribution in [0.5, 0.6) is 0 Å². The predicted molar refractivity (Wildman–Crippen MR) is 57.6 cm³/mol. The molecule has 0 aromatic heterocycles. The average Bonchev–Trinajstić information content (AvgIpc) is 1.99. The van der Waals surface area contributed by atoms with E-state index in [9.17, 15) is 4.39 Å². The summed E-state index contributed by atoms with van der Waals surface area (Å²) in [5, 5.41) is 0. The molecule has 0 heterocycles. The second-order valence-electron chi connectivity index (χ2n) is 5.19. The van der Waals surface area contributed by atoms with Gasteiger partial charge < -0.3 is 0 Å². The van der Waals surface area contributed by atoms with Crippen LogP contribution in [0.2, 0.25) is 0 Å². The van der Waals surface area contributed by atoms with Crippen molar-refractivity contribution in [2.45, 2.75) is 60.1 Å². The largest absolute Gasteiger partial charge is 0.244 e. The molecular weight excluding hydrogens is 163 g/mol. The summed E-state index contributed by atoms with van der Waals surface area (Å²) in [4.78, 5) is 0. The Morgan fingerprint density at radius 3 is 1.85 bits per heavy atom. The molecule has 1 heteroatoms. The summed E-state index contributed by atoms with van der Waals surface area (Å²) in [6.45, 7) is 12.3. The van der Waals surface area contributed by atoms with E-state index in [0.717, 1.165) is 6.42 Å². The minimum atomic E-state index is -0.983. The van der Waals surface area contributed by atoms with Gasteiger partial charge in [0.05, 0.1) is 0 Å². The molecule has 2 atom stereocenters. The van der Waals surface area contributed by atoms with E-state index in [1.807, 2.05) is 13.8 Å². The quantitative estimate of drug-likeness (QED) is 0.598. The fourth-order valence-corrected chi connectivity index (χ4v) is 1.13. The maximum Gasteiger partial charge on any atom is 0.110 e. The summed E-state index contributed by atoms with van der Waals surface area (Å²) in [7, 11) is 0. The summed E-state index contributed by atoms with van der Waals surface area (Å²) in [6.07, 6.45) is 1.70. The summed E-state index contributed by atoms with van der Waals surface area (Å²) in [5.41, 5.74) is -0.983. The highest BCUT2D eigenvalue weighted by molar-refractivity contribution is 4.78. The number of rotatable bonds is 5. The van der Waals surface area contributed by atoms with E-state index in [1.165, 1.54) is 0 Å². The minimum Gasteiger partial charge on any atom is -0.244 e. The maximum absolute atomic E-state index is 13.8. The first kappa shape index (κ1) is 12.9.